The van der Waals surface area contributed by atoms with Crippen molar-refractivity contribution in [3.8, 4) is 0 Å². The molecule has 0 radical (unpaired) electrons. The molecule has 1 amide bonds. The number of aromatic nitrogens is 1. The number of rotatable bonds is 0. The zero-order valence-corrected chi connectivity index (χ0v) is 12.4. The molecule has 0 saturated heterocycles. The topological polar surface area (TPSA) is 43.6 Å². The second-order valence-electron chi connectivity index (χ2n) is 4.39. The summed E-state index contributed by atoms with van der Waals surface area (Å²) in [6.07, 6.45) is -0.558. The third kappa shape index (κ3) is 3.45. The Morgan fingerprint density at radius 3 is 2.44 bits per heavy atom. The normalized spacial score (nSPS) is 13.0. The maximum Gasteiger partial charge on any atom is 0.436 e. The van der Waals surface area contributed by atoms with Gasteiger partial charge in [-0.25, -0.2) is 4.79 Å². The first-order chi connectivity index (χ1) is 7.20. The van der Waals surface area contributed by atoms with Crippen LogP contribution in [-0.4, -0.2) is 16.3 Å². The standard InChI is InChI=1S/C10H15BrN2O2S/c1-6-7(11)16-8(13(6)5)12-9(14)15-10(2,3)4/h1-5H3/b12-8-. The molecule has 16 heavy (non-hydrogen) atoms. The van der Waals surface area contributed by atoms with Crippen LogP contribution in [-0.2, 0) is 11.8 Å². The van der Waals surface area contributed by atoms with E-state index < -0.39 is 11.7 Å². The van der Waals surface area contributed by atoms with Crippen LogP contribution < -0.4 is 4.80 Å². The highest BCUT2D eigenvalue weighted by atomic mass is 79.9. The van der Waals surface area contributed by atoms with Gasteiger partial charge in [0, 0.05) is 12.7 Å². The molecule has 0 bridgehead atoms. The van der Waals surface area contributed by atoms with Crippen LogP contribution in [0.25, 0.3) is 0 Å². The van der Waals surface area contributed by atoms with Gasteiger partial charge in [-0.15, -0.1) is 4.99 Å². The molecule has 0 aromatic carbocycles. The minimum atomic E-state index is -0.558. The van der Waals surface area contributed by atoms with Gasteiger partial charge in [-0.1, -0.05) is 11.3 Å². The minimum absolute atomic E-state index is 0.511. The van der Waals surface area contributed by atoms with Gasteiger partial charge < -0.3 is 9.30 Å². The Morgan fingerprint density at radius 2 is 2.06 bits per heavy atom. The van der Waals surface area contributed by atoms with Crippen molar-refractivity contribution in [1.29, 1.82) is 0 Å². The van der Waals surface area contributed by atoms with Gasteiger partial charge >= 0.3 is 6.09 Å². The molecule has 4 nitrogen and oxygen atoms in total. The number of halogens is 1. The summed E-state index contributed by atoms with van der Waals surface area (Å²) < 4.78 is 7.93. The number of ether oxygens (including phenoxy) is 1. The van der Waals surface area contributed by atoms with Crippen LogP contribution in [0.1, 0.15) is 26.5 Å². The summed E-state index contributed by atoms with van der Waals surface area (Å²) in [5.41, 5.74) is 0.523. The number of amides is 1. The highest BCUT2D eigenvalue weighted by molar-refractivity contribution is 9.11. The monoisotopic (exact) mass is 306 g/mol. The average molecular weight is 307 g/mol. The van der Waals surface area contributed by atoms with Crippen molar-refractivity contribution < 1.29 is 9.53 Å². The number of carbonyl (C=O) groups excluding carboxylic acids is 1. The van der Waals surface area contributed by atoms with Crippen LogP contribution in [0, 0.1) is 6.92 Å². The summed E-state index contributed by atoms with van der Waals surface area (Å²) in [5, 5.41) is 0. The molecule has 1 heterocycles. The smallest absolute Gasteiger partial charge is 0.436 e. The molecule has 90 valence electrons. The predicted molar refractivity (Wildman–Crippen MR) is 67.5 cm³/mol. The molecule has 1 aromatic rings. The first-order valence-electron chi connectivity index (χ1n) is 4.80. The summed E-state index contributed by atoms with van der Waals surface area (Å²) in [5.74, 6) is 0. The summed E-state index contributed by atoms with van der Waals surface area (Å²) in [6, 6.07) is 0. The first kappa shape index (κ1) is 13.4. The van der Waals surface area contributed by atoms with Crippen LogP contribution in [0.3, 0.4) is 0 Å². The lowest BCUT2D eigenvalue weighted by molar-refractivity contribution is 0.0596. The van der Waals surface area contributed by atoms with Crippen molar-refractivity contribution in [3.63, 3.8) is 0 Å². The van der Waals surface area contributed by atoms with Crippen molar-refractivity contribution >= 4 is 33.4 Å². The van der Waals surface area contributed by atoms with Gasteiger partial charge in [0.25, 0.3) is 0 Å². The first-order valence-corrected chi connectivity index (χ1v) is 6.41. The van der Waals surface area contributed by atoms with E-state index in [0.717, 1.165) is 9.48 Å². The van der Waals surface area contributed by atoms with Gasteiger partial charge in [0.2, 0.25) is 0 Å². The van der Waals surface area contributed by atoms with Gasteiger partial charge in [-0.05, 0) is 43.6 Å². The lowest BCUT2D eigenvalue weighted by atomic mass is 10.2. The highest BCUT2D eigenvalue weighted by Gasteiger charge is 2.16. The molecule has 0 aliphatic heterocycles. The van der Waals surface area contributed by atoms with E-state index in [1.54, 1.807) is 0 Å². The molecule has 0 aliphatic carbocycles. The lowest BCUT2D eigenvalue weighted by Crippen LogP contribution is -2.24. The van der Waals surface area contributed by atoms with Crippen molar-refractivity contribution in [2.75, 3.05) is 0 Å². The Kier molecular flexibility index (Phi) is 3.96. The maximum absolute atomic E-state index is 11.5. The summed E-state index contributed by atoms with van der Waals surface area (Å²) in [4.78, 5) is 16.0. The van der Waals surface area contributed by atoms with Gasteiger partial charge in [-0.3, -0.25) is 0 Å². The van der Waals surface area contributed by atoms with Crippen LogP contribution in [0.4, 0.5) is 4.79 Å². The van der Waals surface area contributed by atoms with Gasteiger partial charge in [0.15, 0.2) is 4.80 Å². The Bertz CT molecular complexity index is 468. The fraction of sp³-hybridized carbons (Fsp3) is 0.600. The molecule has 6 heteroatoms. The Morgan fingerprint density at radius 1 is 1.50 bits per heavy atom. The van der Waals surface area contributed by atoms with Crippen LogP contribution in [0.5, 0.6) is 0 Å². The van der Waals surface area contributed by atoms with E-state index in [1.807, 2.05) is 39.3 Å². The fourth-order valence-corrected chi connectivity index (χ4v) is 2.50. The zero-order valence-electron chi connectivity index (χ0n) is 10.00. The quantitative estimate of drug-likeness (QED) is 0.739. The van der Waals surface area contributed by atoms with E-state index >= 15 is 0 Å². The molecular weight excluding hydrogens is 292 g/mol. The highest BCUT2D eigenvalue weighted by Crippen LogP contribution is 2.18. The zero-order chi connectivity index (χ0) is 12.5. The summed E-state index contributed by atoms with van der Waals surface area (Å²) >= 11 is 4.81. The van der Waals surface area contributed by atoms with Crippen molar-refractivity contribution in [1.82, 2.24) is 4.57 Å². The summed E-state index contributed by atoms with van der Waals surface area (Å²) in [6.45, 7) is 7.40. The molecule has 0 saturated carbocycles. The van der Waals surface area contributed by atoms with Crippen molar-refractivity contribution in [2.24, 2.45) is 12.0 Å². The number of nitrogens with zero attached hydrogens (tertiary/aromatic N) is 2. The molecule has 0 fully saturated rings. The number of hydrogen-bond donors (Lipinski definition) is 0. The SMILES string of the molecule is Cc1c(Br)s/c(=N\C(=O)OC(C)(C)C)n1C. The maximum atomic E-state index is 11.5. The van der Waals surface area contributed by atoms with E-state index in [2.05, 4.69) is 20.9 Å². The molecule has 0 unspecified atom stereocenters. The molecule has 1 rings (SSSR count). The fourth-order valence-electron chi connectivity index (χ4n) is 0.958. The van der Waals surface area contributed by atoms with Crippen LogP contribution >= 0.6 is 27.3 Å². The molecule has 0 N–H and O–H groups in total. The average Bonchev–Trinajstić information content (AvgIpc) is 2.30. The lowest BCUT2D eigenvalue weighted by Gasteiger charge is -2.16. The van der Waals surface area contributed by atoms with Crippen molar-refractivity contribution in [3.05, 3.63) is 14.3 Å². The number of thiazole rings is 1. The van der Waals surface area contributed by atoms with Crippen molar-refractivity contribution in [2.45, 2.75) is 33.3 Å². The second kappa shape index (κ2) is 4.71. The van der Waals surface area contributed by atoms with Crippen LogP contribution in [0.15, 0.2) is 8.78 Å². The second-order valence-corrected chi connectivity index (χ2v) is 6.69. The Labute approximate surface area is 107 Å². The predicted octanol–water partition coefficient (Wildman–Crippen LogP) is 2.99. The Hall–Kier alpha value is -0.620. The van der Waals surface area contributed by atoms with E-state index in [-0.39, 0.29) is 0 Å². The van der Waals surface area contributed by atoms with E-state index in [4.69, 9.17) is 4.74 Å². The molecule has 0 spiro atoms. The van der Waals surface area contributed by atoms with Crippen LogP contribution in [0.2, 0.25) is 0 Å². The molecule has 1 aromatic heterocycles. The third-order valence-corrected chi connectivity index (χ3v) is 3.92. The van der Waals surface area contributed by atoms with E-state index in [0.29, 0.717) is 4.80 Å². The molecular formula is C10H15BrN2O2S. The third-order valence-electron chi connectivity index (χ3n) is 1.84. The minimum Gasteiger partial charge on any atom is -0.442 e. The summed E-state index contributed by atoms with van der Waals surface area (Å²) in [7, 11) is 1.86. The molecule has 0 aliphatic rings. The van der Waals surface area contributed by atoms with Gasteiger partial charge in [-0.2, -0.15) is 0 Å². The van der Waals surface area contributed by atoms with Gasteiger partial charge in [0.1, 0.15) is 5.60 Å². The van der Waals surface area contributed by atoms with Gasteiger partial charge in [0.05, 0.1) is 3.79 Å². The largest absolute Gasteiger partial charge is 0.442 e. The number of carbonyl (C=O) groups is 1. The number of hydrogen-bond acceptors (Lipinski definition) is 3. The molecule has 0 atom stereocenters. The van der Waals surface area contributed by atoms with E-state index in [9.17, 15) is 4.79 Å². The van der Waals surface area contributed by atoms with E-state index in [1.165, 1.54) is 11.3 Å². The Balaban J connectivity index is 3.01.